The van der Waals surface area contributed by atoms with Gasteiger partial charge in [0.1, 0.15) is 0 Å². The third-order valence-corrected chi connectivity index (χ3v) is 5.15. The van der Waals surface area contributed by atoms with Crippen molar-refractivity contribution in [2.75, 3.05) is 38.1 Å². The highest BCUT2D eigenvalue weighted by molar-refractivity contribution is 5.36. The lowest BCUT2D eigenvalue weighted by molar-refractivity contribution is -0.880. The van der Waals surface area contributed by atoms with Gasteiger partial charge in [-0.25, -0.2) is 4.98 Å². The maximum atomic E-state index is 12.6. The topological polar surface area (TPSA) is 53.4 Å². The highest BCUT2D eigenvalue weighted by Crippen LogP contribution is 2.17. The first-order valence-corrected chi connectivity index (χ1v) is 9.19. The summed E-state index contributed by atoms with van der Waals surface area (Å²) < 4.78 is 0. The fourth-order valence-corrected chi connectivity index (χ4v) is 3.28. The Hall–Kier alpha value is -2.14. The van der Waals surface area contributed by atoms with E-state index in [-0.39, 0.29) is 5.56 Å². The minimum atomic E-state index is -0.0123. The summed E-state index contributed by atoms with van der Waals surface area (Å²) in [4.78, 5) is 24.0. The molecule has 0 aliphatic carbocycles. The summed E-state index contributed by atoms with van der Waals surface area (Å²) >= 11 is 0. The number of nitrogens with one attached hydrogen (secondary N) is 2. The van der Waals surface area contributed by atoms with Gasteiger partial charge in [0, 0.05) is 12.0 Å². The van der Waals surface area contributed by atoms with Gasteiger partial charge in [0.25, 0.3) is 5.56 Å². The van der Waals surface area contributed by atoms with E-state index in [0.29, 0.717) is 18.3 Å². The van der Waals surface area contributed by atoms with E-state index in [1.54, 1.807) is 0 Å². The van der Waals surface area contributed by atoms with Crippen LogP contribution in [0.15, 0.2) is 29.1 Å². The molecule has 1 aliphatic rings. The Morgan fingerprint density at radius 1 is 1.20 bits per heavy atom. The summed E-state index contributed by atoms with van der Waals surface area (Å²) in [7, 11) is 2.20. The zero-order valence-electron chi connectivity index (χ0n) is 15.7. The molecule has 0 bridgehead atoms. The van der Waals surface area contributed by atoms with Gasteiger partial charge in [0.2, 0.25) is 5.95 Å². The molecule has 1 aromatic heterocycles. The van der Waals surface area contributed by atoms with E-state index in [1.165, 1.54) is 10.5 Å². The number of benzene rings is 1. The first kappa shape index (κ1) is 17.7. The second-order valence-corrected chi connectivity index (χ2v) is 7.47. The highest BCUT2D eigenvalue weighted by atomic mass is 16.1. The molecule has 1 aliphatic heterocycles. The molecule has 3 rings (SSSR count). The van der Waals surface area contributed by atoms with E-state index in [9.17, 15) is 4.79 Å². The minimum absolute atomic E-state index is 0.0123. The summed E-state index contributed by atoms with van der Waals surface area (Å²) in [5.74, 6) is 1.24. The summed E-state index contributed by atoms with van der Waals surface area (Å²) in [5.41, 5.74) is 4.05. The average molecular weight is 341 g/mol. The van der Waals surface area contributed by atoms with Crippen LogP contribution in [0.5, 0.6) is 0 Å². The number of aromatic amines is 1. The van der Waals surface area contributed by atoms with Crippen LogP contribution >= 0.6 is 0 Å². The van der Waals surface area contributed by atoms with E-state index in [2.05, 4.69) is 60.0 Å². The molecule has 2 aromatic rings. The molecule has 0 atom stereocenters. The van der Waals surface area contributed by atoms with Gasteiger partial charge in [-0.3, -0.25) is 9.78 Å². The number of nitrogens with zero attached hydrogens (tertiary/aromatic N) is 2. The number of piperazine rings is 1. The van der Waals surface area contributed by atoms with E-state index in [0.717, 1.165) is 43.0 Å². The SMILES string of the molecule is Cc1nc(N2CC[NH+](C)CC2)[nH]c(=O)c1Cc1ccc(C(C)C)cc1. The van der Waals surface area contributed by atoms with Gasteiger partial charge >= 0.3 is 0 Å². The molecular weight excluding hydrogens is 312 g/mol. The fourth-order valence-electron chi connectivity index (χ4n) is 3.28. The predicted octanol–water partition coefficient (Wildman–Crippen LogP) is 1.13. The molecule has 1 saturated heterocycles. The number of H-pyrrole nitrogens is 1. The van der Waals surface area contributed by atoms with Crippen molar-refractivity contribution in [3.8, 4) is 0 Å². The molecule has 0 unspecified atom stereocenters. The molecular formula is C20H29N4O+. The molecule has 2 heterocycles. The van der Waals surface area contributed by atoms with Gasteiger partial charge < -0.3 is 9.80 Å². The smallest absolute Gasteiger partial charge is 0.256 e. The van der Waals surface area contributed by atoms with Crippen molar-refractivity contribution in [3.05, 3.63) is 57.0 Å². The molecule has 5 heteroatoms. The first-order valence-electron chi connectivity index (χ1n) is 9.19. The van der Waals surface area contributed by atoms with Crippen LogP contribution in [0.25, 0.3) is 0 Å². The molecule has 2 N–H and O–H groups in total. The molecule has 0 amide bonds. The number of quaternary nitrogens is 1. The second-order valence-electron chi connectivity index (χ2n) is 7.47. The normalized spacial score (nSPS) is 15.8. The summed E-state index contributed by atoms with van der Waals surface area (Å²) in [6.07, 6.45) is 0.625. The molecule has 0 spiro atoms. The van der Waals surface area contributed by atoms with E-state index < -0.39 is 0 Å². The Labute approximate surface area is 149 Å². The molecule has 1 fully saturated rings. The quantitative estimate of drug-likeness (QED) is 0.876. The number of hydrogen-bond acceptors (Lipinski definition) is 3. The van der Waals surface area contributed by atoms with Gasteiger partial charge in [-0.15, -0.1) is 0 Å². The Kier molecular flexibility index (Phi) is 5.23. The lowest BCUT2D eigenvalue weighted by Gasteiger charge is -2.30. The second kappa shape index (κ2) is 7.40. The van der Waals surface area contributed by atoms with Crippen molar-refractivity contribution in [2.45, 2.75) is 33.1 Å². The lowest BCUT2D eigenvalue weighted by Crippen LogP contribution is -3.12. The van der Waals surface area contributed by atoms with Crippen LogP contribution in [0.3, 0.4) is 0 Å². The minimum Gasteiger partial charge on any atom is -0.334 e. The number of aryl methyl sites for hydroxylation is 1. The van der Waals surface area contributed by atoms with Crippen molar-refractivity contribution in [2.24, 2.45) is 0 Å². The molecule has 0 radical (unpaired) electrons. The standard InChI is InChI=1S/C20H28N4O/c1-14(2)17-7-5-16(6-8-17)13-18-15(3)21-20(22-19(18)25)24-11-9-23(4)10-12-24/h5-8,14H,9-13H2,1-4H3,(H,21,22,25)/p+1. The predicted molar refractivity (Wildman–Crippen MR) is 102 cm³/mol. The summed E-state index contributed by atoms with van der Waals surface area (Å²) in [6, 6.07) is 8.53. The Morgan fingerprint density at radius 2 is 1.84 bits per heavy atom. The molecule has 134 valence electrons. The lowest BCUT2D eigenvalue weighted by atomic mass is 9.99. The van der Waals surface area contributed by atoms with Crippen LogP contribution in [0.4, 0.5) is 5.95 Å². The van der Waals surface area contributed by atoms with Crippen LogP contribution in [0.2, 0.25) is 0 Å². The maximum Gasteiger partial charge on any atom is 0.256 e. The third kappa shape index (κ3) is 4.10. The molecule has 0 saturated carbocycles. The van der Waals surface area contributed by atoms with Crippen LogP contribution in [-0.2, 0) is 6.42 Å². The number of likely N-dealkylation sites (N-methyl/N-ethyl adjacent to an activating group) is 1. The zero-order valence-corrected chi connectivity index (χ0v) is 15.7. The van der Waals surface area contributed by atoms with Gasteiger partial charge in [-0.2, -0.15) is 0 Å². The number of anilines is 1. The van der Waals surface area contributed by atoms with E-state index in [1.807, 2.05) is 6.92 Å². The van der Waals surface area contributed by atoms with Gasteiger partial charge in [0.05, 0.1) is 38.9 Å². The van der Waals surface area contributed by atoms with Crippen LogP contribution in [-0.4, -0.2) is 43.2 Å². The van der Waals surface area contributed by atoms with Crippen molar-refractivity contribution in [1.82, 2.24) is 9.97 Å². The zero-order chi connectivity index (χ0) is 18.0. The van der Waals surface area contributed by atoms with Crippen molar-refractivity contribution in [1.29, 1.82) is 0 Å². The molecule has 5 nitrogen and oxygen atoms in total. The molecule has 25 heavy (non-hydrogen) atoms. The van der Waals surface area contributed by atoms with Gasteiger partial charge in [0.15, 0.2) is 0 Å². The van der Waals surface area contributed by atoms with Crippen LogP contribution in [0.1, 0.15) is 42.1 Å². The van der Waals surface area contributed by atoms with Crippen molar-refractivity contribution >= 4 is 5.95 Å². The Balaban J connectivity index is 1.79. The monoisotopic (exact) mass is 341 g/mol. The van der Waals surface area contributed by atoms with Crippen LogP contribution in [0, 0.1) is 6.92 Å². The first-order chi connectivity index (χ1) is 11.9. The third-order valence-electron chi connectivity index (χ3n) is 5.15. The van der Waals surface area contributed by atoms with Crippen molar-refractivity contribution < 1.29 is 4.90 Å². The summed E-state index contributed by atoms with van der Waals surface area (Å²) in [6.45, 7) is 10.3. The van der Waals surface area contributed by atoms with Gasteiger partial charge in [-0.05, 0) is 24.0 Å². The van der Waals surface area contributed by atoms with Gasteiger partial charge in [-0.1, -0.05) is 38.1 Å². The Bertz CT molecular complexity index is 771. The highest BCUT2D eigenvalue weighted by Gasteiger charge is 2.20. The number of hydrogen-bond donors (Lipinski definition) is 2. The number of rotatable bonds is 4. The van der Waals surface area contributed by atoms with E-state index in [4.69, 9.17) is 0 Å². The fraction of sp³-hybridized carbons (Fsp3) is 0.500. The maximum absolute atomic E-state index is 12.6. The van der Waals surface area contributed by atoms with Crippen LogP contribution < -0.4 is 15.4 Å². The largest absolute Gasteiger partial charge is 0.334 e. The average Bonchev–Trinajstić information content (AvgIpc) is 2.59. The van der Waals surface area contributed by atoms with Crippen molar-refractivity contribution in [3.63, 3.8) is 0 Å². The summed E-state index contributed by atoms with van der Waals surface area (Å²) in [5, 5.41) is 0. The Morgan fingerprint density at radius 3 is 2.40 bits per heavy atom. The van der Waals surface area contributed by atoms with E-state index >= 15 is 0 Å². The molecule has 1 aromatic carbocycles. The number of aromatic nitrogens is 2.